The number of methoxy groups -OCH3 is 1. The van der Waals surface area contributed by atoms with Crippen LogP contribution in [0.4, 0.5) is 4.79 Å². The van der Waals surface area contributed by atoms with Crippen molar-refractivity contribution < 1.29 is 42.5 Å². The van der Waals surface area contributed by atoms with Crippen molar-refractivity contribution in [3.8, 4) is 11.5 Å². The average molecular weight is 527 g/mol. The van der Waals surface area contributed by atoms with Crippen LogP contribution in [0, 0.1) is 0 Å². The fourth-order valence-electron chi connectivity index (χ4n) is 3.64. The van der Waals surface area contributed by atoms with Gasteiger partial charge in [-0.05, 0) is 63.1 Å². The summed E-state index contributed by atoms with van der Waals surface area (Å²) >= 11 is 0. The van der Waals surface area contributed by atoms with Gasteiger partial charge in [-0.1, -0.05) is 6.08 Å². The van der Waals surface area contributed by atoms with E-state index in [1.807, 2.05) is 0 Å². The van der Waals surface area contributed by atoms with E-state index in [0.717, 1.165) is 4.90 Å². The van der Waals surface area contributed by atoms with E-state index in [1.165, 1.54) is 25.3 Å². The molecule has 1 fully saturated rings. The second-order valence-corrected chi connectivity index (χ2v) is 8.40. The molecule has 1 saturated heterocycles. The highest BCUT2D eigenvalue weighted by atomic mass is 16.6. The van der Waals surface area contributed by atoms with Gasteiger partial charge in [0.15, 0.2) is 18.1 Å². The van der Waals surface area contributed by atoms with E-state index >= 15 is 0 Å². The summed E-state index contributed by atoms with van der Waals surface area (Å²) in [6.07, 6.45) is 3.28. The smallest absolute Gasteiger partial charge is 0.373 e. The maximum absolute atomic E-state index is 13.0. The van der Waals surface area contributed by atoms with Gasteiger partial charge in [0.05, 0.1) is 26.4 Å². The summed E-state index contributed by atoms with van der Waals surface area (Å²) in [5.41, 5.74) is 1.25. The molecule has 38 heavy (non-hydrogen) atoms. The minimum absolute atomic E-state index is 0.0379. The number of furan rings is 1. The molecule has 0 bridgehead atoms. The van der Waals surface area contributed by atoms with Crippen LogP contribution >= 0.6 is 0 Å². The predicted molar refractivity (Wildman–Crippen MR) is 135 cm³/mol. The molecule has 1 aliphatic rings. The monoisotopic (exact) mass is 526 g/mol. The largest absolute Gasteiger partial charge is 0.490 e. The van der Waals surface area contributed by atoms with Gasteiger partial charge in [0.25, 0.3) is 5.91 Å². The molecule has 11 nitrogen and oxygen atoms in total. The molecule has 0 spiro atoms. The van der Waals surface area contributed by atoms with Gasteiger partial charge in [-0.3, -0.25) is 9.69 Å². The van der Waals surface area contributed by atoms with Crippen LogP contribution in [0.25, 0.3) is 6.08 Å². The van der Waals surface area contributed by atoms with Crippen LogP contribution in [0.1, 0.15) is 48.2 Å². The van der Waals surface area contributed by atoms with E-state index in [2.05, 4.69) is 16.6 Å². The van der Waals surface area contributed by atoms with E-state index in [-0.39, 0.29) is 36.5 Å². The molecule has 1 N–H and O–H groups in total. The summed E-state index contributed by atoms with van der Waals surface area (Å²) in [6.45, 7) is 8.89. The zero-order chi connectivity index (χ0) is 27.8. The number of rotatable bonds is 12. The molecule has 2 aromatic rings. The molecule has 202 valence electrons. The summed E-state index contributed by atoms with van der Waals surface area (Å²) in [4.78, 5) is 50.1. The van der Waals surface area contributed by atoms with E-state index in [4.69, 9.17) is 18.6 Å². The standard InChI is InChI=1S/C27H30N2O9/c1-6-8-18-11-17(13-22(35-7-2)24(18)36-15-23(30)37-16(3)4)12-20-25(31)29(27(33)28-20)14-19-9-10-21(38-19)26(32)34-5/h6,9-13,16H,1,7-8,14-15H2,2-5H3,(H,28,33)/b20-12-. The van der Waals surface area contributed by atoms with Crippen molar-refractivity contribution in [2.45, 2.75) is 39.8 Å². The first-order valence-electron chi connectivity index (χ1n) is 11.9. The molecule has 0 atom stereocenters. The third kappa shape index (κ3) is 6.81. The Morgan fingerprint density at radius 1 is 1.18 bits per heavy atom. The number of carbonyl (C=O) groups excluding carboxylic acids is 4. The Hall–Kier alpha value is -4.54. The topological polar surface area (TPSA) is 134 Å². The first-order chi connectivity index (χ1) is 18.2. The number of ether oxygens (including phenoxy) is 4. The number of esters is 2. The molecule has 2 heterocycles. The van der Waals surface area contributed by atoms with Crippen molar-refractivity contribution in [3.05, 3.63) is 65.3 Å². The molecule has 11 heteroatoms. The van der Waals surface area contributed by atoms with Gasteiger partial charge in [0.2, 0.25) is 5.76 Å². The summed E-state index contributed by atoms with van der Waals surface area (Å²) in [6, 6.07) is 5.64. The van der Waals surface area contributed by atoms with Crippen molar-refractivity contribution in [1.29, 1.82) is 0 Å². The number of urea groups is 1. The third-order valence-corrected chi connectivity index (χ3v) is 5.16. The van der Waals surface area contributed by atoms with Crippen LogP contribution in [-0.2, 0) is 32.0 Å². The molecular weight excluding hydrogens is 496 g/mol. The number of nitrogens with one attached hydrogen (secondary N) is 1. The molecule has 0 aliphatic carbocycles. The number of allylic oxidation sites excluding steroid dienone is 1. The minimum Gasteiger partial charge on any atom is -0.490 e. The predicted octanol–water partition coefficient (Wildman–Crippen LogP) is 3.62. The number of nitrogens with zero attached hydrogens (tertiary/aromatic N) is 1. The van der Waals surface area contributed by atoms with Crippen LogP contribution in [0.15, 0.2) is 47.0 Å². The highest BCUT2D eigenvalue weighted by Crippen LogP contribution is 2.35. The second-order valence-electron chi connectivity index (χ2n) is 8.40. The van der Waals surface area contributed by atoms with Crippen molar-refractivity contribution in [2.75, 3.05) is 20.3 Å². The molecule has 3 amide bonds. The molecule has 3 rings (SSSR count). The quantitative estimate of drug-likeness (QED) is 0.190. The Labute approximate surface area is 220 Å². The lowest BCUT2D eigenvalue weighted by atomic mass is 10.0. The van der Waals surface area contributed by atoms with Crippen molar-refractivity contribution in [1.82, 2.24) is 10.2 Å². The minimum atomic E-state index is -0.668. The first-order valence-corrected chi connectivity index (χ1v) is 11.9. The summed E-state index contributed by atoms with van der Waals surface area (Å²) in [7, 11) is 1.22. The lowest BCUT2D eigenvalue weighted by Gasteiger charge is -2.17. The van der Waals surface area contributed by atoms with Gasteiger partial charge in [0, 0.05) is 5.56 Å². The summed E-state index contributed by atoms with van der Waals surface area (Å²) in [5, 5.41) is 2.55. The van der Waals surface area contributed by atoms with Crippen LogP contribution in [-0.4, -0.2) is 55.2 Å². The average Bonchev–Trinajstić information content (AvgIpc) is 3.43. The van der Waals surface area contributed by atoms with Gasteiger partial charge in [-0.25, -0.2) is 14.4 Å². The Balaban J connectivity index is 1.86. The second kappa shape index (κ2) is 12.6. The van der Waals surface area contributed by atoms with Crippen LogP contribution < -0.4 is 14.8 Å². The van der Waals surface area contributed by atoms with Crippen LogP contribution in [0.2, 0.25) is 0 Å². The Kier molecular flexibility index (Phi) is 9.31. The van der Waals surface area contributed by atoms with Gasteiger partial charge in [-0.15, -0.1) is 6.58 Å². The Morgan fingerprint density at radius 3 is 2.61 bits per heavy atom. The third-order valence-electron chi connectivity index (χ3n) is 5.16. The van der Waals surface area contributed by atoms with Crippen molar-refractivity contribution in [3.63, 3.8) is 0 Å². The fourth-order valence-corrected chi connectivity index (χ4v) is 3.64. The molecular formula is C27H30N2O9. The molecule has 1 aromatic carbocycles. The van der Waals surface area contributed by atoms with Crippen LogP contribution in [0.3, 0.4) is 0 Å². The zero-order valence-corrected chi connectivity index (χ0v) is 21.7. The maximum atomic E-state index is 13.0. The number of carbonyl (C=O) groups is 4. The van der Waals surface area contributed by atoms with Gasteiger partial charge in [-0.2, -0.15) is 0 Å². The Bertz CT molecular complexity index is 1260. The summed E-state index contributed by atoms with van der Waals surface area (Å²) in [5.74, 6) is -0.854. The SMILES string of the molecule is C=CCc1cc(/C=C2\NC(=O)N(Cc3ccc(C(=O)OC)o3)C2=O)cc(OCC)c1OCC(=O)OC(C)C. The molecule has 0 saturated carbocycles. The number of hydrogen-bond donors (Lipinski definition) is 1. The summed E-state index contributed by atoms with van der Waals surface area (Å²) < 4.78 is 26.6. The van der Waals surface area contributed by atoms with Gasteiger partial charge >= 0.3 is 18.0 Å². The van der Waals surface area contributed by atoms with Gasteiger partial charge in [0.1, 0.15) is 11.5 Å². The molecule has 1 aromatic heterocycles. The normalized spacial score (nSPS) is 14.0. The van der Waals surface area contributed by atoms with E-state index in [1.54, 1.807) is 39.0 Å². The molecule has 0 radical (unpaired) electrons. The molecule has 1 aliphatic heterocycles. The highest BCUT2D eigenvalue weighted by Gasteiger charge is 2.34. The zero-order valence-electron chi connectivity index (χ0n) is 21.7. The fraction of sp³-hybridized carbons (Fsp3) is 0.333. The lowest BCUT2D eigenvalue weighted by Crippen LogP contribution is -2.30. The van der Waals surface area contributed by atoms with Crippen LogP contribution in [0.5, 0.6) is 11.5 Å². The number of imide groups is 1. The number of benzene rings is 1. The lowest BCUT2D eigenvalue weighted by molar-refractivity contribution is -0.149. The van der Waals surface area contributed by atoms with E-state index in [9.17, 15) is 19.2 Å². The van der Waals surface area contributed by atoms with E-state index in [0.29, 0.717) is 35.7 Å². The maximum Gasteiger partial charge on any atom is 0.373 e. The Morgan fingerprint density at radius 2 is 1.95 bits per heavy atom. The molecule has 0 unspecified atom stereocenters. The highest BCUT2D eigenvalue weighted by molar-refractivity contribution is 6.13. The number of hydrogen-bond acceptors (Lipinski definition) is 9. The number of amides is 3. The van der Waals surface area contributed by atoms with E-state index < -0.39 is 23.9 Å². The van der Waals surface area contributed by atoms with Crippen molar-refractivity contribution >= 4 is 30.0 Å². The first kappa shape index (κ1) is 28.0. The van der Waals surface area contributed by atoms with Crippen molar-refractivity contribution in [2.24, 2.45) is 0 Å². The van der Waals surface area contributed by atoms with Gasteiger partial charge < -0.3 is 28.7 Å².